The minimum atomic E-state index is -3.34. The Morgan fingerprint density at radius 1 is 1.16 bits per heavy atom. The van der Waals surface area contributed by atoms with Gasteiger partial charge in [0.05, 0.1) is 44.0 Å². The van der Waals surface area contributed by atoms with Gasteiger partial charge in [0.15, 0.2) is 0 Å². The molecule has 12 heteroatoms. The third-order valence-electron chi connectivity index (χ3n) is 11.4. The van der Waals surface area contributed by atoms with Crippen molar-refractivity contribution in [2.24, 2.45) is 16.2 Å². The molecule has 2 amide bonds. The Balaban J connectivity index is 1.24. The van der Waals surface area contributed by atoms with Crippen LogP contribution >= 0.6 is 11.6 Å². The topological polar surface area (TPSA) is 110 Å². The molecular weight excluding hydrogens is 688 g/mol. The van der Waals surface area contributed by atoms with Crippen LogP contribution in [0.5, 0.6) is 5.75 Å². The first-order chi connectivity index (χ1) is 24.7. The number of amides is 2. The monoisotopic (exact) mass is 738 g/mol. The minimum absolute atomic E-state index is 0.0475. The van der Waals surface area contributed by atoms with E-state index in [4.69, 9.17) is 25.8 Å². The third-order valence-corrected chi connectivity index (χ3v) is 13.5. The molecule has 2 aliphatic carbocycles. The Hall–Kier alpha value is -2.96. The first-order valence-electron chi connectivity index (χ1n) is 18.7. The molecule has 2 bridgehead atoms. The van der Waals surface area contributed by atoms with Crippen LogP contribution in [0.1, 0.15) is 73.4 Å². The first kappa shape index (κ1) is 36.4. The zero-order valence-electron chi connectivity index (χ0n) is 29.7. The van der Waals surface area contributed by atoms with Gasteiger partial charge in [-0.1, -0.05) is 36.7 Å². The molecule has 10 nitrogen and oxygen atoms in total. The average Bonchev–Trinajstić information content (AvgIpc) is 3.26. The number of hydrogen-bond acceptors (Lipinski definition) is 8. The van der Waals surface area contributed by atoms with E-state index in [2.05, 4.69) is 43.2 Å². The van der Waals surface area contributed by atoms with E-state index < -0.39 is 21.7 Å². The van der Waals surface area contributed by atoms with Crippen molar-refractivity contribution in [1.82, 2.24) is 9.62 Å². The summed E-state index contributed by atoms with van der Waals surface area (Å²) in [6.07, 6.45) is 10.7. The van der Waals surface area contributed by atoms with Crippen LogP contribution < -0.4 is 14.4 Å². The van der Waals surface area contributed by atoms with E-state index in [-0.39, 0.29) is 23.7 Å². The molecule has 2 aromatic rings. The molecular formula is C39H51ClN4O6S. The van der Waals surface area contributed by atoms with Gasteiger partial charge in [0, 0.05) is 55.1 Å². The van der Waals surface area contributed by atoms with Crippen molar-refractivity contribution < 1.29 is 28.0 Å². The highest BCUT2D eigenvalue weighted by atomic mass is 35.5. The molecule has 51 heavy (non-hydrogen) atoms. The third kappa shape index (κ3) is 8.33. The minimum Gasteiger partial charge on any atom is -0.490 e. The number of halogens is 1. The van der Waals surface area contributed by atoms with Crippen LogP contribution in [0.4, 0.5) is 5.69 Å². The van der Waals surface area contributed by atoms with Crippen LogP contribution in [0.2, 0.25) is 5.02 Å². The average molecular weight is 739 g/mol. The van der Waals surface area contributed by atoms with Gasteiger partial charge in [-0.2, -0.15) is 0 Å². The molecule has 5 atom stereocenters. The Bertz CT molecular complexity index is 1750. The second-order valence-corrected chi connectivity index (χ2v) is 17.3. The van der Waals surface area contributed by atoms with E-state index in [0.717, 1.165) is 94.5 Å². The quantitative estimate of drug-likeness (QED) is 0.362. The lowest BCUT2D eigenvalue weighted by molar-refractivity contribution is -0.118. The van der Waals surface area contributed by atoms with E-state index in [9.17, 15) is 13.8 Å². The Morgan fingerprint density at radius 2 is 2.02 bits per heavy atom. The maximum atomic E-state index is 14.0. The second-order valence-electron chi connectivity index (χ2n) is 14.8. The summed E-state index contributed by atoms with van der Waals surface area (Å²) >= 11 is 6.48. The zero-order valence-corrected chi connectivity index (χ0v) is 31.2. The normalized spacial score (nSPS) is 30.5. The molecule has 1 saturated heterocycles. The van der Waals surface area contributed by atoms with Crippen molar-refractivity contribution in [1.29, 1.82) is 0 Å². The van der Waals surface area contributed by atoms with Gasteiger partial charge in [0.2, 0.25) is 5.91 Å². The number of anilines is 1. The number of morpholine rings is 1. The summed E-state index contributed by atoms with van der Waals surface area (Å²) in [4.78, 5) is 31.0. The maximum Gasteiger partial charge on any atom is 0.286 e. The van der Waals surface area contributed by atoms with Crippen LogP contribution in [-0.4, -0.2) is 91.9 Å². The number of benzene rings is 2. The van der Waals surface area contributed by atoms with Crippen molar-refractivity contribution in [3.05, 3.63) is 70.3 Å². The first-order valence-corrected chi connectivity index (χ1v) is 20.8. The summed E-state index contributed by atoms with van der Waals surface area (Å²) in [6, 6.07) is 11.7. The molecule has 5 aliphatic rings. The van der Waals surface area contributed by atoms with Gasteiger partial charge < -0.3 is 19.1 Å². The van der Waals surface area contributed by atoms with Crippen molar-refractivity contribution in [2.45, 2.75) is 69.8 Å². The predicted molar refractivity (Wildman–Crippen MR) is 200 cm³/mol. The molecule has 0 radical (unpaired) electrons. The number of aryl methyl sites for hydroxylation is 1. The number of carbonyl (C=O) groups excluding carboxylic acids is 2. The van der Waals surface area contributed by atoms with E-state index in [1.807, 2.05) is 18.2 Å². The summed E-state index contributed by atoms with van der Waals surface area (Å²) in [6.45, 7) is 8.61. The molecule has 0 aromatic heterocycles. The lowest BCUT2D eigenvalue weighted by Gasteiger charge is -2.46. The summed E-state index contributed by atoms with van der Waals surface area (Å²) in [7, 11) is -3.34. The van der Waals surface area contributed by atoms with Crippen molar-refractivity contribution in [2.75, 3.05) is 69.8 Å². The predicted octanol–water partition coefficient (Wildman–Crippen LogP) is 5.96. The van der Waals surface area contributed by atoms with Crippen molar-refractivity contribution in [3.8, 4) is 5.75 Å². The summed E-state index contributed by atoms with van der Waals surface area (Å²) < 4.78 is 39.7. The number of carbonyl (C=O) groups is 2. The smallest absolute Gasteiger partial charge is 0.286 e. The van der Waals surface area contributed by atoms with Crippen molar-refractivity contribution in [3.63, 3.8) is 0 Å². The lowest BCUT2D eigenvalue weighted by Crippen LogP contribution is -2.50. The fourth-order valence-electron chi connectivity index (χ4n) is 8.43. The fraction of sp³-hybridized carbons (Fsp3) is 0.590. The highest BCUT2D eigenvalue weighted by Crippen LogP contribution is 2.47. The van der Waals surface area contributed by atoms with E-state index in [1.54, 1.807) is 13.0 Å². The number of allylic oxidation sites excluding steroid dienone is 1. The van der Waals surface area contributed by atoms with Gasteiger partial charge in [-0.05, 0) is 98.2 Å². The number of nitrogens with one attached hydrogen (secondary N) is 1. The lowest BCUT2D eigenvalue weighted by atomic mass is 9.68. The zero-order chi connectivity index (χ0) is 35.4. The molecule has 1 N–H and O–H groups in total. The summed E-state index contributed by atoms with van der Waals surface area (Å²) in [5.41, 5.74) is 3.48. The van der Waals surface area contributed by atoms with Gasteiger partial charge in [-0.15, -0.1) is 4.36 Å². The number of rotatable bonds is 6. The molecule has 2 aromatic carbocycles. The number of nitrogens with zero attached hydrogens (tertiary/aromatic N) is 3. The highest BCUT2D eigenvalue weighted by molar-refractivity contribution is 7.92. The number of hydrogen-bond donors (Lipinski definition) is 1. The molecule has 7 rings (SSSR count). The number of ether oxygens (including phenoxy) is 3. The fourth-order valence-corrected chi connectivity index (χ4v) is 10.3. The van der Waals surface area contributed by atoms with Crippen LogP contribution in [-0.2, 0) is 36.0 Å². The van der Waals surface area contributed by atoms with Gasteiger partial charge in [-0.3, -0.25) is 19.2 Å². The van der Waals surface area contributed by atoms with Gasteiger partial charge in [0.25, 0.3) is 5.91 Å². The van der Waals surface area contributed by atoms with Gasteiger partial charge in [0.1, 0.15) is 15.7 Å². The van der Waals surface area contributed by atoms with Crippen molar-refractivity contribution >= 4 is 39.0 Å². The van der Waals surface area contributed by atoms with E-state index in [1.165, 1.54) is 11.1 Å². The Labute approximate surface area is 307 Å². The Kier molecular flexibility index (Phi) is 11.4. The van der Waals surface area contributed by atoms with Gasteiger partial charge in [-0.25, -0.2) is 4.21 Å². The molecule has 2 fully saturated rings. The SMILES string of the molecule is CCC(=O)N[S@]1(=O)=NC(=O)c2ccc3c(c2)N(C[C@@H]2CC[C@H]2[C@@H](OCCN2CCOCC2)/C=C/CCC1)C[C@@]1(CCCc2cc(Cl)ccc21)CO3. The molecule has 3 aliphatic heterocycles. The summed E-state index contributed by atoms with van der Waals surface area (Å²) in [5.74, 6) is 0.530. The van der Waals surface area contributed by atoms with Crippen LogP contribution in [0, 0.1) is 11.8 Å². The molecule has 1 spiro atoms. The van der Waals surface area contributed by atoms with Crippen LogP contribution in [0.3, 0.4) is 0 Å². The second kappa shape index (κ2) is 16.0. The largest absolute Gasteiger partial charge is 0.490 e. The molecule has 276 valence electrons. The van der Waals surface area contributed by atoms with Crippen LogP contribution in [0.15, 0.2) is 52.9 Å². The van der Waals surface area contributed by atoms with E-state index in [0.29, 0.717) is 43.5 Å². The van der Waals surface area contributed by atoms with Gasteiger partial charge >= 0.3 is 0 Å². The molecule has 0 unspecified atom stereocenters. The summed E-state index contributed by atoms with van der Waals surface area (Å²) in [5, 5.41) is 0.747. The maximum absolute atomic E-state index is 14.0. The highest BCUT2D eigenvalue weighted by Gasteiger charge is 2.44. The van der Waals surface area contributed by atoms with Crippen LogP contribution in [0.25, 0.3) is 0 Å². The van der Waals surface area contributed by atoms with E-state index >= 15 is 0 Å². The Morgan fingerprint density at radius 3 is 2.82 bits per heavy atom. The standard InChI is InChI=1S/C39H51ClN4O6S/c1-2-37(45)41-51(47)22-5-3-4-8-35(49-21-18-43-16-19-48-20-17-43)32-12-9-30(32)25-44-26-39(15-6-7-28-23-31(40)11-13-33(28)39)27-50-36-14-10-29(24-34(36)44)38(46)42-51/h4,8,10-11,13-14,23-24,30,32,35H,2-3,5-7,9,12,15-22,25-27H2,1H3,(H,41,42,45,46,47)/b8-4+/t30-,32+,35-,39-,51-/m0/s1. The molecule has 3 heterocycles. The number of fused-ring (bicyclic) bond motifs is 4. The molecule has 1 saturated carbocycles.